The van der Waals surface area contributed by atoms with Crippen LogP contribution in [0.5, 0.6) is 0 Å². The fourth-order valence-corrected chi connectivity index (χ4v) is 4.62. The standard InChI is InChI=1S/C23H28F2O5/c1-20(2,3)21(18(26)27)11-10-17(14-21)30-19(28)23(29,15-7-5-4-6-8-15)16-9-12-22(24,25)13-16/h4-8,14,16,29H,9-13H2,1-3H3,(H,26,27)/t16-,21+,23+/m1/s1. The molecule has 3 atom stereocenters. The van der Waals surface area contributed by atoms with E-state index in [4.69, 9.17) is 4.74 Å². The van der Waals surface area contributed by atoms with Gasteiger partial charge in [-0.2, -0.15) is 0 Å². The molecule has 0 unspecified atom stereocenters. The predicted octanol–water partition coefficient (Wildman–Crippen LogP) is 4.65. The second-order valence-corrected chi connectivity index (χ2v) is 9.45. The van der Waals surface area contributed by atoms with Crippen LogP contribution < -0.4 is 0 Å². The van der Waals surface area contributed by atoms with Crippen molar-refractivity contribution in [3.63, 3.8) is 0 Å². The summed E-state index contributed by atoms with van der Waals surface area (Å²) in [5.74, 6) is -5.87. The van der Waals surface area contributed by atoms with Crippen LogP contribution in [-0.2, 0) is 19.9 Å². The Morgan fingerprint density at radius 2 is 1.77 bits per heavy atom. The summed E-state index contributed by atoms with van der Waals surface area (Å²) in [5, 5.41) is 21.2. The predicted molar refractivity (Wildman–Crippen MR) is 106 cm³/mol. The highest BCUT2D eigenvalue weighted by Crippen LogP contribution is 2.51. The highest BCUT2D eigenvalue weighted by molar-refractivity contribution is 5.83. The van der Waals surface area contributed by atoms with Crippen LogP contribution >= 0.6 is 0 Å². The number of carboxylic acid groups (broad SMARTS) is 1. The fraction of sp³-hybridized carbons (Fsp3) is 0.565. The molecule has 1 aromatic rings. The normalized spacial score (nSPS) is 27.9. The molecule has 164 valence electrons. The Labute approximate surface area is 174 Å². The van der Waals surface area contributed by atoms with Gasteiger partial charge in [-0.05, 0) is 29.9 Å². The van der Waals surface area contributed by atoms with E-state index in [1.807, 2.05) is 0 Å². The summed E-state index contributed by atoms with van der Waals surface area (Å²) in [5.41, 5.74) is -3.89. The number of alkyl halides is 2. The van der Waals surface area contributed by atoms with Crippen molar-refractivity contribution < 1.29 is 33.3 Å². The number of aliphatic hydroxyl groups is 1. The van der Waals surface area contributed by atoms with Crippen LogP contribution in [0.15, 0.2) is 42.2 Å². The molecule has 1 fully saturated rings. The Morgan fingerprint density at radius 1 is 1.13 bits per heavy atom. The van der Waals surface area contributed by atoms with Crippen LogP contribution in [0.2, 0.25) is 0 Å². The lowest BCUT2D eigenvalue weighted by Crippen LogP contribution is -2.44. The number of allylic oxidation sites excluding steroid dienone is 1. The number of carboxylic acids is 1. The van der Waals surface area contributed by atoms with E-state index < -0.39 is 53.1 Å². The van der Waals surface area contributed by atoms with Crippen LogP contribution in [-0.4, -0.2) is 28.1 Å². The minimum absolute atomic E-state index is 0.0202. The van der Waals surface area contributed by atoms with Gasteiger partial charge in [0.15, 0.2) is 5.60 Å². The fourth-order valence-electron chi connectivity index (χ4n) is 4.62. The molecule has 0 bridgehead atoms. The van der Waals surface area contributed by atoms with E-state index in [0.717, 1.165) is 0 Å². The number of aliphatic carboxylic acids is 1. The molecule has 30 heavy (non-hydrogen) atoms. The van der Waals surface area contributed by atoms with Crippen LogP contribution in [0.4, 0.5) is 8.78 Å². The zero-order valence-corrected chi connectivity index (χ0v) is 17.5. The second kappa shape index (κ2) is 7.45. The number of halogens is 2. The van der Waals surface area contributed by atoms with Gasteiger partial charge in [0.25, 0.3) is 0 Å². The quantitative estimate of drug-likeness (QED) is 0.675. The molecule has 0 aromatic heterocycles. The molecule has 7 heteroatoms. The van der Waals surface area contributed by atoms with E-state index in [1.165, 1.54) is 18.2 Å². The first-order valence-corrected chi connectivity index (χ1v) is 10.1. The minimum Gasteiger partial charge on any atom is -0.481 e. The average molecular weight is 422 g/mol. The first kappa shape index (κ1) is 22.4. The van der Waals surface area contributed by atoms with E-state index in [9.17, 15) is 28.6 Å². The van der Waals surface area contributed by atoms with E-state index in [0.29, 0.717) is 0 Å². The van der Waals surface area contributed by atoms with Crippen molar-refractivity contribution in [2.45, 2.75) is 64.4 Å². The number of hydrogen-bond acceptors (Lipinski definition) is 4. The molecule has 1 saturated carbocycles. The second-order valence-electron chi connectivity index (χ2n) is 9.45. The summed E-state index contributed by atoms with van der Waals surface area (Å²) >= 11 is 0. The summed E-state index contributed by atoms with van der Waals surface area (Å²) in [6, 6.07) is 7.95. The summed E-state index contributed by atoms with van der Waals surface area (Å²) < 4.78 is 33.3. The van der Waals surface area contributed by atoms with Crippen LogP contribution in [0.25, 0.3) is 0 Å². The molecule has 2 aliphatic carbocycles. The maximum absolute atomic E-state index is 13.9. The van der Waals surface area contributed by atoms with E-state index in [-0.39, 0.29) is 30.6 Å². The number of benzene rings is 1. The minimum atomic E-state index is -2.95. The van der Waals surface area contributed by atoms with Gasteiger partial charge in [-0.15, -0.1) is 0 Å². The topological polar surface area (TPSA) is 83.8 Å². The monoisotopic (exact) mass is 422 g/mol. The lowest BCUT2D eigenvalue weighted by molar-refractivity contribution is -0.170. The van der Waals surface area contributed by atoms with Crippen molar-refractivity contribution in [2.24, 2.45) is 16.7 Å². The summed E-state index contributed by atoms with van der Waals surface area (Å²) in [7, 11) is 0. The van der Waals surface area contributed by atoms with Crippen molar-refractivity contribution >= 4 is 11.9 Å². The van der Waals surface area contributed by atoms with Gasteiger partial charge < -0.3 is 14.9 Å². The number of hydrogen-bond donors (Lipinski definition) is 2. The molecule has 0 heterocycles. The Morgan fingerprint density at radius 3 is 2.23 bits per heavy atom. The van der Waals surface area contributed by atoms with Crippen LogP contribution in [0.1, 0.15) is 58.4 Å². The third-order valence-corrected chi connectivity index (χ3v) is 6.64. The Balaban J connectivity index is 1.94. The molecule has 2 N–H and O–H groups in total. The molecule has 1 aromatic carbocycles. The Kier molecular flexibility index (Phi) is 5.56. The highest BCUT2D eigenvalue weighted by Gasteiger charge is 2.56. The first-order valence-electron chi connectivity index (χ1n) is 10.1. The maximum atomic E-state index is 13.9. The van der Waals surface area contributed by atoms with Crippen molar-refractivity contribution in [1.29, 1.82) is 0 Å². The van der Waals surface area contributed by atoms with E-state index in [1.54, 1.807) is 39.0 Å². The van der Waals surface area contributed by atoms with Gasteiger partial charge in [0.05, 0.1) is 5.41 Å². The number of rotatable bonds is 5. The lowest BCUT2D eigenvalue weighted by Gasteiger charge is -2.36. The molecule has 3 rings (SSSR count). The highest BCUT2D eigenvalue weighted by atomic mass is 19.3. The molecule has 0 amide bonds. The number of carbonyl (C=O) groups excluding carboxylic acids is 1. The van der Waals surface area contributed by atoms with Crippen LogP contribution in [0, 0.1) is 16.7 Å². The molecule has 2 aliphatic rings. The van der Waals surface area contributed by atoms with E-state index >= 15 is 0 Å². The van der Waals surface area contributed by atoms with Gasteiger partial charge in [0.1, 0.15) is 5.76 Å². The molecule has 0 spiro atoms. The Hall–Kier alpha value is -2.28. The Bertz CT molecular complexity index is 858. The maximum Gasteiger partial charge on any atom is 0.348 e. The summed E-state index contributed by atoms with van der Waals surface area (Å²) in [4.78, 5) is 25.1. The SMILES string of the molecule is CC(C)(C)[C@]1(C(=O)O)C=C(OC(=O)[C@](O)(c2ccccc2)[C@@H]2CCC(F)(F)C2)CC1. The zero-order chi connectivity index (χ0) is 22.4. The zero-order valence-electron chi connectivity index (χ0n) is 17.5. The van der Waals surface area contributed by atoms with Crippen molar-refractivity contribution in [1.82, 2.24) is 0 Å². The average Bonchev–Trinajstić information content (AvgIpc) is 3.25. The van der Waals surface area contributed by atoms with E-state index in [2.05, 4.69) is 0 Å². The summed E-state index contributed by atoms with van der Waals surface area (Å²) in [6.45, 7) is 5.38. The molecule has 5 nitrogen and oxygen atoms in total. The molecular weight excluding hydrogens is 394 g/mol. The first-order chi connectivity index (χ1) is 13.8. The van der Waals surface area contributed by atoms with Gasteiger partial charge >= 0.3 is 11.9 Å². The molecule has 0 saturated heterocycles. The molecule has 0 radical (unpaired) electrons. The molecule has 0 aliphatic heterocycles. The van der Waals surface area contributed by atoms with Gasteiger partial charge in [0, 0.05) is 25.2 Å². The van der Waals surface area contributed by atoms with Gasteiger partial charge in [-0.25, -0.2) is 13.6 Å². The number of esters is 1. The largest absolute Gasteiger partial charge is 0.481 e. The third kappa shape index (κ3) is 3.75. The van der Waals surface area contributed by atoms with Gasteiger partial charge in [-0.1, -0.05) is 51.1 Å². The third-order valence-electron chi connectivity index (χ3n) is 6.64. The smallest absolute Gasteiger partial charge is 0.348 e. The van der Waals surface area contributed by atoms with Gasteiger partial charge in [0.2, 0.25) is 5.92 Å². The number of carbonyl (C=O) groups is 2. The van der Waals surface area contributed by atoms with Crippen LogP contribution in [0.3, 0.4) is 0 Å². The summed E-state index contributed by atoms with van der Waals surface area (Å²) in [6.07, 6.45) is 0.846. The number of ether oxygens (including phenoxy) is 1. The van der Waals surface area contributed by atoms with Gasteiger partial charge in [-0.3, -0.25) is 4.79 Å². The lowest BCUT2D eigenvalue weighted by atomic mass is 9.66. The van der Waals surface area contributed by atoms with Crippen molar-refractivity contribution in [3.05, 3.63) is 47.7 Å². The van der Waals surface area contributed by atoms with Crippen molar-refractivity contribution in [2.75, 3.05) is 0 Å². The molecular formula is C23H28F2O5. The van der Waals surface area contributed by atoms with Crippen molar-refractivity contribution in [3.8, 4) is 0 Å².